The standard InChI is InChI=1S/C18H18BrNO3/c1-12-5-4-6-13(2)17(12)22-7-8-23-18-15(19)9-14(11-20)10-16(18)21-3/h4-6,9-10H,7-8H2,1-3H3. The van der Waals surface area contributed by atoms with Gasteiger partial charge >= 0.3 is 0 Å². The van der Waals surface area contributed by atoms with E-state index in [-0.39, 0.29) is 0 Å². The smallest absolute Gasteiger partial charge is 0.175 e. The first-order chi connectivity index (χ1) is 11.1. The van der Waals surface area contributed by atoms with Crippen LogP contribution in [0.5, 0.6) is 17.2 Å². The first kappa shape index (κ1) is 17.2. The first-order valence-corrected chi connectivity index (χ1v) is 7.95. The molecule has 120 valence electrons. The predicted molar refractivity (Wildman–Crippen MR) is 92.3 cm³/mol. The maximum absolute atomic E-state index is 8.98. The molecule has 0 amide bonds. The van der Waals surface area contributed by atoms with Crippen LogP contribution >= 0.6 is 15.9 Å². The number of methoxy groups -OCH3 is 1. The number of ether oxygens (including phenoxy) is 3. The summed E-state index contributed by atoms with van der Waals surface area (Å²) in [5.74, 6) is 1.97. The van der Waals surface area contributed by atoms with Gasteiger partial charge in [0.05, 0.1) is 23.2 Å². The van der Waals surface area contributed by atoms with Gasteiger partial charge in [-0.25, -0.2) is 0 Å². The fraction of sp³-hybridized carbons (Fsp3) is 0.278. The van der Waals surface area contributed by atoms with Crippen LogP contribution in [0.4, 0.5) is 0 Å². The Kier molecular flexibility index (Phi) is 5.89. The van der Waals surface area contributed by atoms with Crippen molar-refractivity contribution in [3.8, 4) is 23.3 Å². The Morgan fingerprint density at radius 1 is 1.04 bits per heavy atom. The second-order valence-electron chi connectivity index (χ2n) is 5.02. The lowest BCUT2D eigenvalue weighted by atomic mass is 10.1. The molecule has 5 heteroatoms. The van der Waals surface area contributed by atoms with E-state index in [1.54, 1.807) is 19.2 Å². The Bertz CT molecular complexity index is 718. The van der Waals surface area contributed by atoms with E-state index in [9.17, 15) is 0 Å². The average Bonchev–Trinajstić information content (AvgIpc) is 2.54. The number of aryl methyl sites for hydroxylation is 2. The molecule has 0 bridgehead atoms. The topological polar surface area (TPSA) is 51.5 Å². The lowest BCUT2D eigenvalue weighted by molar-refractivity contribution is 0.209. The van der Waals surface area contributed by atoms with E-state index >= 15 is 0 Å². The predicted octanol–water partition coefficient (Wildman–Crippen LogP) is 4.40. The minimum absolute atomic E-state index is 0.370. The third kappa shape index (κ3) is 4.17. The Balaban J connectivity index is 2.01. The quantitative estimate of drug-likeness (QED) is 0.701. The van der Waals surface area contributed by atoms with Crippen molar-refractivity contribution in [3.63, 3.8) is 0 Å². The van der Waals surface area contributed by atoms with Gasteiger partial charge in [-0.05, 0) is 47.0 Å². The summed E-state index contributed by atoms with van der Waals surface area (Å²) in [6, 6.07) is 11.5. The first-order valence-electron chi connectivity index (χ1n) is 7.16. The minimum atomic E-state index is 0.370. The molecule has 0 saturated carbocycles. The summed E-state index contributed by atoms with van der Waals surface area (Å²) in [7, 11) is 1.54. The molecular weight excluding hydrogens is 358 g/mol. The molecule has 0 aromatic heterocycles. The van der Waals surface area contributed by atoms with Crippen molar-refractivity contribution < 1.29 is 14.2 Å². The summed E-state index contributed by atoms with van der Waals surface area (Å²) < 4.78 is 17.5. The fourth-order valence-electron chi connectivity index (χ4n) is 2.24. The summed E-state index contributed by atoms with van der Waals surface area (Å²) in [4.78, 5) is 0. The molecule has 0 fully saturated rings. The minimum Gasteiger partial charge on any atom is -0.493 e. The zero-order chi connectivity index (χ0) is 16.8. The van der Waals surface area contributed by atoms with Gasteiger partial charge in [0.2, 0.25) is 0 Å². The highest BCUT2D eigenvalue weighted by Crippen LogP contribution is 2.36. The number of hydrogen-bond donors (Lipinski definition) is 0. The normalized spacial score (nSPS) is 10.0. The van der Waals surface area contributed by atoms with Gasteiger partial charge < -0.3 is 14.2 Å². The van der Waals surface area contributed by atoms with Crippen LogP contribution in [0.3, 0.4) is 0 Å². The summed E-state index contributed by atoms with van der Waals surface area (Å²) >= 11 is 3.40. The summed E-state index contributed by atoms with van der Waals surface area (Å²) in [5.41, 5.74) is 2.71. The lowest BCUT2D eigenvalue weighted by Crippen LogP contribution is -2.11. The molecule has 2 rings (SSSR count). The van der Waals surface area contributed by atoms with Gasteiger partial charge in [0.1, 0.15) is 19.0 Å². The van der Waals surface area contributed by atoms with E-state index in [0.717, 1.165) is 16.9 Å². The number of rotatable bonds is 6. The highest BCUT2D eigenvalue weighted by molar-refractivity contribution is 9.10. The van der Waals surface area contributed by atoms with Gasteiger partial charge in [-0.1, -0.05) is 18.2 Å². The van der Waals surface area contributed by atoms with Crippen LogP contribution in [0.1, 0.15) is 16.7 Å². The lowest BCUT2D eigenvalue weighted by Gasteiger charge is -2.15. The van der Waals surface area contributed by atoms with E-state index in [2.05, 4.69) is 22.0 Å². The maximum atomic E-state index is 8.98. The zero-order valence-corrected chi connectivity index (χ0v) is 14.9. The summed E-state index contributed by atoms with van der Waals surface area (Å²) in [6.07, 6.45) is 0. The van der Waals surface area contributed by atoms with Crippen LogP contribution in [0.25, 0.3) is 0 Å². The molecule has 2 aromatic carbocycles. The second-order valence-corrected chi connectivity index (χ2v) is 5.87. The maximum Gasteiger partial charge on any atom is 0.175 e. The molecule has 23 heavy (non-hydrogen) atoms. The van der Waals surface area contributed by atoms with Gasteiger partial charge in [0, 0.05) is 6.07 Å². The molecule has 2 aromatic rings. The largest absolute Gasteiger partial charge is 0.493 e. The van der Waals surface area contributed by atoms with Crippen molar-refractivity contribution >= 4 is 15.9 Å². The third-order valence-corrected chi connectivity index (χ3v) is 3.93. The Morgan fingerprint density at radius 3 is 2.22 bits per heavy atom. The molecule has 0 saturated heterocycles. The molecule has 0 aliphatic rings. The molecule has 0 unspecified atom stereocenters. The van der Waals surface area contributed by atoms with Crippen molar-refractivity contribution in [2.75, 3.05) is 20.3 Å². The van der Waals surface area contributed by atoms with Crippen LogP contribution in [0, 0.1) is 25.2 Å². The van der Waals surface area contributed by atoms with E-state index in [1.165, 1.54) is 0 Å². The monoisotopic (exact) mass is 375 g/mol. The molecule has 0 spiro atoms. The zero-order valence-electron chi connectivity index (χ0n) is 13.4. The van der Waals surface area contributed by atoms with Gasteiger partial charge in [0.25, 0.3) is 0 Å². The molecule has 0 heterocycles. The molecular formula is C18H18BrNO3. The van der Waals surface area contributed by atoms with Crippen molar-refractivity contribution in [1.29, 1.82) is 5.26 Å². The van der Waals surface area contributed by atoms with Crippen molar-refractivity contribution in [2.24, 2.45) is 0 Å². The SMILES string of the molecule is COc1cc(C#N)cc(Br)c1OCCOc1c(C)cccc1C. The Morgan fingerprint density at radius 2 is 1.65 bits per heavy atom. The summed E-state index contributed by atoms with van der Waals surface area (Å²) in [6.45, 7) is 4.82. The van der Waals surface area contributed by atoms with Gasteiger partial charge in [0.15, 0.2) is 11.5 Å². The highest BCUT2D eigenvalue weighted by atomic mass is 79.9. The van der Waals surface area contributed by atoms with Crippen LogP contribution in [0.15, 0.2) is 34.8 Å². The number of hydrogen-bond acceptors (Lipinski definition) is 4. The van der Waals surface area contributed by atoms with E-state index in [4.69, 9.17) is 19.5 Å². The Labute approximate surface area is 144 Å². The molecule has 0 atom stereocenters. The van der Waals surface area contributed by atoms with Crippen LogP contribution < -0.4 is 14.2 Å². The number of nitriles is 1. The molecule has 4 nitrogen and oxygen atoms in total. The van der Waals surface area contributed by atoms with E-state index in [0.29, 0.717) is 34.7 Å². The van der Waals surface area contributed by atoms with Gasteiger partial charge in [-0.2, -0.15) is 5.26 Å². The van der Waals surface area contributed by atoms with Gasteiger partial charge in [-0.3, -0.25) is 0 Å². The van der Waals surface area contributed by atoms with E-state index < -0.39 is 0 Å². The molecule has 0 aliphatic carbocycles. The molecule has 0 aliphatic heterocycles. The number of nitrogens with zero attached hydrogens (tertiary/aromatic N) is 1. The number of halogens is 1. The number of para-hydroxylation sites is 1. The van der Waals surface area contributed by atoms with Crippen LogP contribution in [-0.2, 0) is 0 Å². The highest BCUT2D eigenvalue weighted by Gasteiger charge is 2.12. The Hall–Kier alpha value is -2.19. The fourth-order valence-corrected chi connectivity index (χ4v) is 2.80. The van der Waals surface area contributed by atoms with E-state index in [1.807, 2.05) is 32.0 Å². The number of benzene rings is 2. The second kappa shape index (κ2) is 7.89. The molecule has 0 radical (unpaired) electrons. The summed E-state index contributed by atoms with van der Waals surface area (Å²) in [5, 5.41) is 8.98. The average molecular weight is 376 g/mol. The molecule has 0 N–H and O–H groups in total. The van der Waals surface area contributed by atoms with Gasteiger partial charge in [-0.15, -0.1) is 0 Å². The van der Waals surface area contributed by atoms with Crippen molar-refractivity contribution in [3.05, 3.63) is 51.5 Å². The third-order valence-electron chi connectivity index (χ3n) is 3.34. The van der Waals surface area contributed by atoms with Crippen molar-refractivity contribution in [1.82, 2.24) is 0 Å². The van der Waals surface area contributed by atoms with Crippen molar-refractivity contribution in [2.45, 2.75) is 13.8 Å². The van der Waals surface area contributed by atoms with Crippen LogP contribution in [0.2, 0.25) is 0 Å². The van der Waals surface area contributed by atoms with Crippen LogP contribution in [-0.4, -0.2) is 20.3 Å².